The zero-order valence-electron chi connectivity index (χ0n) is 19.9. The van der Waals surface area contributed by atoms with Gasteiger partial charge in [-0.15, -0.1) is 0 Å². The highest BCUT2D eigenvalue weighted by atomic mass is 16.5. The second-order valence-corrected chi connectivity index (χ2v) is 8.83. The van der Waals surface area contributed by atoms with Crippen LogP contribution in [0.5, 0.6) is 0 Å². The third-order valence-corrected chi connectivity index (χ3v) is 6.52. The number of amides is 1. The van der Waals surface area contributed by atoms with E-state index >= 15 is 0 Å². The van der Waals surface area contributed by atoms with E-state index in [9.17, 15) is 14.9 Å². The van der Waals surface area contributed by atoms with E-state index in [-0.39, 0.29) is 12.5 Å². The number of carbonyl (C=O) groups excluding carboxylic acids is 2. The van der Waals surface area contributed by atoms with Crippen molar-refractivity contribution in [2.24, 2.45) is 0 Å². The quantitative estimate of drug-likeness (QED) is 0.470. The highest BCUT2D eigenvalue weighted by Crippen LogP contribution is 2.32. The van der Waals surface area contributed by atoms with Crippen LogP contribution in [0.2, 0.25) is 0 Å². The van der Waals surface area contributed by atoms with Gasteiger partial charge in [0.05, 0.1) is 18.3 Å². The minimum atomic E-state index is -0.794. The van der Waals surface area contributed by atoms with Gasteiger partial charge in [0, 0.05) is 24.4 Å². The van der Waals surface area contributed by atoms with E-state index in [0.29, 0.717) is 19.4 Å². The number of nitriles is 1. The Morgan fingerprint density at radius 2 is 1.85 bits per heavy atom. The molecule has 174 valence electrons. The number of rotatable bonds is 7. The fourth-order valence-corrected chi connectivity index (χ4v) is 4.30. The lowest BCUT2D eigenvalue weighted by Crippen LogP contribution is -2.51. The third-order valence-electron chi connectivity index (χ3n) is 6.52. The average molecular weight is 449 g/mol. The van der Waals surface area contributed by atoms with Crippen molar-refractivity contribution in [2.75, 3.05) is 13.7 Å². The molecule has 1 saturated carbocycles. The van der Waals surface area contributed by atoms with E-state index in [1.165, 1.54) is 16.5 Å². The van der Waals surface area contributed by atoms with E-state index in [2.05, 4.69) is 42.4 Å². The van der Waals surface area contributed by atoms with Gasteiger partial charge in [0.2, 0.25) is 0 Å². The number of aryl methyl sites for hydroxylation is 2. The summed E-state index contributed by atoms with van der Waals surface area (Å²) < 4.78 is 7.08. The van der Waals surface area contributed by atoms with E-state index in [1.54, 1.807) is 13.1 Å². The van der Waals surface area contributed by atoms with Crippen molar-refractivity contribution in [2.45, 2.75) is 65.0 Å². The SMILES string of the molecule is Cc1ccc(Cn2nc(C)c(/C=C/C(=O)OCC(=O)N(C)C3(C#N)CCCCC3)c2C)cc1. The normalized spacial score (nSPS) is 15.2. The highest BCUT2D eigenvalue weighted by Gasteiger charge is 2.38. The van der Waals surface area contributed by atoms with Gasteiger partial charge in [-0.25, -0.2) is 4.79 Å². The molecule has 0 N–H and O–H groups in total. The maximum atomic E-state index is 12.6. The van der Waals surface area contributed by atoms with E-state index < -0.39 is 11.5 Å². The summed E-state index contributed by atoms with van der Waals surface area (Å²) in [5.74, 6) is -0.963. The summed E-state index contributed by atoms with van der Waals surface area (Å²) in [7, 11) is 1.62. The molecule has 0 bridgehead atoms. The first-order chi connectivity index (χ1) is 15.8. The first-order valence-corrected chi connectivity index (χ1v) is 11.4. The Kier molecular flexibility index (Phi) is 7.70. The van der Waals surface area contributed by atoms with Crippen molar-refractivity contribution in [3.8, 4) is 6.07 Å². The molecule has 7 nitrogen and oxygen atoms in total. The minimum absolute atomic E-state index is 0.363. The first-order valence-electron chi connectivity index (χ1n) is 11.4. The van der Waals surface area contributed by atoms with Crippen LogP contribution in [0.3, 0.4) is 0 Å². The first kappa shape index (κ1) is 24.2. The molecule has 1 aromatic heterocycles. The Morgan fingerprint density at radius 3 is 2.48 bits per heavy atom. The number of hydrogen-bond acceptors (Lipinski definition) is 5. The Bertz CT molecular complexity index is 1070. The molecule has 33 heavy (non-hydrogen) atoms. The van der Waals surface area contributed by atoms with Crippen molar-refractivity contribution < 1.29 is 14.3 Å². The molecule has 7 heteroatoms. The molecule has 0 atom stereocenters. The number of ether oxygens (including phenoxy) is 1. The Balaban J connectivity index is 1.59. The van der Waals surface area contributed by atoms with Crippen molar-refractivity contribution in [3.63, 3.8) is 0 Å². The summed E-state index contributed by atoms with van der Waals surface area (Å²) in [6.45, 7) is 6.18. The Morgan fingerprint density at radius 1 is 1.18 bits per heavy atom. The van der Waals surface area contributed by atoms with Gasteiger partial charge >= 0.3 is 5.97 Å². The molecule has 1 fully saturated rings. The van der Waals surface area contributed by atoms with Gasteiger partial charge in [0.15, 0.2) is 6.61 Å². The summed E-state index contributed by atoms with van der Waals surface area (Å²) in [6, 6.07) is 10.6. The van der Waals surface area contributed by atoms with Crippen molar-refractivity contribution in [1.29, 1.82) is 5.26 Å². The summed E-state index contributed by atoms with van der Waals surface area (Å²) in [5.41, 5.74) is 4.18. The lowest BCUT2D eigenvalue weighted by molar-refractivity contribution is -0.150. The summed E-state index contributed by atoms with van der Waals surface area (Å²) in [5, 5.41) is 14.2. The van der Waals surface area contributed by atoms with Gasteiger partial charge in [-0.1, -0.05) is 49.1 Å². The van der Waals surface area contributed by atoms with Gasteiger partial charge < -0.3 is 9.64 Å². The Labute approximate surface area is 195 Å². The number of benzene rings is 1. The zero-order chi connectivity index (χ0) is 24.0. The van der Waals surface area contributed by atoms with Gasteiger partial charge in [0.25, 0.3) is 5.91 Å². The van der Waals surface area contributed by atoms with Crippen LogP contribution in [0.25, 0.3) is 6.08 Å². The second-order valence-electron chi connectivity index (χ2n) is 8.83. The topological polar surface area (TPSA) is 88.2 Å². The number of nitrogens with zero attached hydrogens (tertiary/aromatic N) is 4. The van der Waals surface area contributed by atoms with E-state index in [4.69, 9.17) is 4.74 Å². The summed E-state index contributed by atoms with van der Waals surface area (Å²) in [4.78, 5) is 26.3. The molecule has 0 radical (unpaired) electrons. The van der Waals surface area contributed by atoms with Crippen LogP contribution in [0.15, 0.2) is 30.3 Å². The van der Waals surface area contributed by atoms with Gasteiger partial charge in [-0.05, 0) is 45.3 Å². The monoisotopic (exact) mass is 448 g/mol. The molecule has 0 spiro atoms. The molecule has 1 aromatic carbocycles. The van der Waals surface area contributed by atoms with Crippen LogP contribution < -0.4 is 0 Å². The predicted octanol–water partition coefficient (Wildman–Crippen LogP) is 4.10. The maximum Gasteiger partial charge on any atom is 0.331 e. The summed E-state index contributed by atoms with van der Waals surface area (Å²) >= 11 is 0. The molecule has 2 aromatic rings. The van der Waals surface area contributed by atoms with Crippen molar-refractivity contribution in [3.05, 3.63) is 58.4 Å². The molecule has 1 aliphatic carbocycles. The number of aromatic nitrogens is 2. The summed E-state index contributed by atoms with van der Waals surface area (Å²) in [6.07, 6.45) is 7.23. The minimum Gasteiger partial charge on any atom is -0.452 e. The van der Waals surface area contributed by atoms with Gasteiger partial charge in [0.1, 0.15) is 5.54 Å². The molecular weight excluding hydrogens is 416 g/mol. The molecule has 1 aliphatic rings. The highest BCUT2D eigenvalue weighted by molar-refractivity contribution is 5.89. The van der Waals surface area contributed by atoms with E-state index in [0.717, 1.165) is 41.8 Å². The fourth-order valence-electron chi connectivity index (χ4n) is 4.30. The molecule has 0 saturated heterocycles. The maximum absolute atomic E-state index is 12.6. The van der Waals surface area contributed by atoms with Gasteiger partial charge in [-0.2, -0.15) is 10.4 Å². The number of esters is 1. The van der Waals surface area contributed by atoms with Crippen molar-refractivity contribution >= 4 is 18.0 Å². The van der Waals surface area contributed by atoms with Crippen LogP contribution in [0.1, 0.15) is 60.2 Å². The van der Waals surface area contributed by atoms with Crippen LogP contribution in [-0.2, 0) is 20.9 Å². The molecule has 1 heterocycles. The molecule has 0 aliphatic heterocycles. The standard InChI is InChI=1S/C26H32N4O3/c1-19-8-10-22(11-9-19)16-30-21(3)23(20(2)28-30)12-13-25(32)33-17-24(31)29(4)26(18-27)14-6-5-7-15-26/h8-13H,5-7,14-17H2,1-4H3/b13-12+. The fraction of sp³-hybridized carbons (Fsp3) is 0.462. The molecule has 0 unspecified atom stereocenters. The Hall–Kier alpha value is -3.40. The van der Waals surface area contributed by atoms with Gasteiger partial charge in [-0.3, -0.25) is 9.48 Å². The van der Waals surface area contributed by atoms with Crippen molar-refractivity contribution in [1.82, 2.24) is 14.7 Å². The third kappa shape index (κ3) is 5.70. The van der Waals surface area contributed by atoms with Crippen LogP contribution in [0, 0.1) is 32.1 Å². The van der Waals surface area contributed by atoms with Crippen LogP contribution in [-0.4, -0.2) is 45.8 Å². The molecular formula is C26H32N4O3. The molecule has 1 amide bonds. The number of hydrogen-bond donors (Lipinski definition) is 0. The lowest BCUT2D eigenvalue weighted by Gasteiger charge is -2.38. The number of likely N-dealkylation sites (N-methyl/N-ethyl adjacent to an activating group) is 1. The predicted molar refractivity (Wildman–Crippen MR) is 126 cm³/mol. The van der Waals surface area contributed by atoms with Crippen LogP contribution >= 0.6 is 0 Å². The van der Waals surface area contributed by atoms with E-state index in [1.807, 2.05) is 18.5 Å². The largest absolute Gasteiger partial charge is 0.452 e. The molecule has 3 rings (SSSR count). The zero-order valence-corrected chi connectivity index (χ0v) is 19.9. The number of carbonyl (C=O) groups is 2. The second kappa shape index (κ2) is 10.5. The lowest BCUT2D eigenvalue weighted by atomic mass is 9.81. The van der Waals surface area contributed by atoms with Crippen LogP contribution in [0.4, 0.5) is 0 Å². The average Bonchev–Trinajstić information content (AvgIpc) is 3.09. The smallest absolute Gasteiger partial charge is 0.331 e.